The molecule has 2 aliphatic rings. The van der Waals surface area contributed by atoms with Gasteiger partial charge in [0.05, 0.1) is 11.1 Å². The van der Waals surface area contributed by atoms with Gasteiger partial charge in [0.2, 0.25) is 0 Å². The second kappa shape index (κ2) is 4.48. The summed E-state index contributed by atoms with van der Waals surface area (Å²) in [4.78, 5) is 25.8. The minimum absolute atomic E-state index is 0.176. The van der Waals surface area contributed by atoms with Crippen LogP contribution in [0.4, 0.5) is 0 Å². The first-order valence-electron chi connectivity index (χ1n) is 6.06. The van der Waals surface area contributed by atoms with Crippen LogP contribution in [0.15, 0.2) is 22.7 Å². The van der Waals surface area contributed by atoms with Crippen molar-refractivity contribution in [3.8, 4) is 0 Å². The normalized spacial score (nSPS) is 22.7. The van der Waals surface area contributed by atoms with Crippen molar-refractivity contribution in [2.45, 2.75) is 18.9 Å². The van der Waals surface area contributed by atoms with Crippen LogP contribution in [0.25, 0.3) is 0 Å². The first kappa shape index (κ1) is 11.9. The molecule has 1 atom stereocenters. The molecule has 18 heavy (non-hydrogen) atoms. The van der Waals surface area contributed by atoms with Crippen molar-refractivity contribution in [3.05, 3.63) is 33.8 Å². The van der Waals surface area contributed by atoms with Gasteiger partial charge in [-0.05, 0) is 47.4 Å². The Hall–Kier alpha value is -1.20. The topological polar surface area (TPSA) is 49.4 Å². The Bertz CT molecular complexity index is 524. The lowest BCUT2D eigenvalue weighted by atomic mass is 10.1. The minimum atomic E-state index is -0.184. The number of carbonyl (C=O) groups is 2. The molecule has 3 rings (SSSR count). The molecule has 1 fully saturated rings. The van der Waals surface area contributed by atoms with E-state index in [1.807, 2.05) is 0 Å². The summed E-state index contributed by atoms with van der Waals surface area (Å²) in [5.74, 6) is -0.360. The molecule has 94 valence electrons. The predicted octanol–water partition coefficient (Wildman–Crippen LogP) is 1.80. The quantitative estimate of drug-likeness (QED) is 0.848. The maximum Gasteiger partial charge on any atom is 0.262 e. The van der Waals surface area contributed by atoms with Gasteiger partial charge in [-0.2, -0.15) is 0 Å². The molecule has 1 saturated heterocycles. The Morgan fingerprint density at radius 2 is 2.17 bits per heavy atom. The van der Waals surface area contributed by atoms with Crippen LogP contribution in [0, 0.1) is 0 Å². The largest absolute Gasteiger partial charge is 0.312 e. The standard InChI is InChI=1S/C13H13BrN2O2/c14-10-5-1-4-9-11(10)13(18)16(12(9)17)7-8-3-2-6-15-8/h1,4-5,8,15H,2-3,6-7H2. The van der Waals surface area contributed by atoms with Crippen LogP contribution in [0.1, 0.15) is 33.6 Å². The maximum absolute atomic E-state index is 12.3. The summed E-state index contributed by atoms with van der Waals surface area (Å²) in [6.45, 7) is 1.44. The molecule has 0 spiro atoms. The Morgan fingerprint density at radius 3 is 2.83 bits per heavy atom. The van der Waals surface area contributed by atoms with Crippen LogP contribution < -0.4 is 5.32 Å². The van der Waals surface area contributed by atoms with Crippen molar-refractivity contribution in [2.75, 3.05) is 13.1 Å². The monoisotopic (exact) mass is 308 g/mol. The van der Waals surface area contributed by atoms with Gasteiger partial charge in [0.1, 0.15) is 0 Å². The fourth-order valence-electron chi connectivity index (χ4n) is 2.59. The van der Waals surface area contributed by atoms with E-state index in [-0.39, 0.29) is 17.9 Å². The van der Waals surface area contributed by atoms with Crippen molar-refractivity contribution < 1.29 is 9.59 Å². The van der Waals surface area contributed by atoms with Crippen LogP contribution in [0.2, 0.25) is 0 Å². The Kier molecular flexibility index (Phi) is 2.95. The molecular weight excluding hydrogens is 296 g/mol. The predicted molar refractivity (Wildman–Crippen MR) is 70.5 cm³/mol. The number of nitrogens with zero attached hydrogens (tertiary/aromatic N) is 1. The summed E-state index contributed by atoms with van der Waals surface area (Å²) in [7, 11) is 0. The van der Waals surface area contributed by atoms with E-state index in [1.165, 1.54) is 4.90 Å². The summed E-state index contributed by atoms with van der Waals surface area (Å²) < 4.78 is 0.695. The molecule has 4 nitrogen and oxygen atoms in total. The number of carbonyl (C=O) groups excluding carboxylic acids is 2. The molecule has 0 saturated carbocycles. The van der Waals surface area contributed by atoms with Crippen molar-refractivity contribution in [1.29, 1.82) is 0 Å². The third-order valence-electron chi connectivity index (χ3n) is 3.51. The van der Waals surface area contributed by atoms with Gasteiger partial charge in [-0.15, -0.1) is 0 Å². The van der Waals surface area contributed by atoms with Crippen LogP contribution in [-0.2, 0) is 0 Å². The van der Waals surface area contributed by atoms with Gasteiger partial charge in [-0.1, -0.05) is 6.07 Å². The van der Waals surface area contributed by atoms with Crippen molar-refractivity contribution in [2.24, 2.45) is 0 Å². The lowest BCUT2D eigenvalue weighted by molar-refractivity contribution is 0.0641. The molecule has 0 bridgehead atoms. The van der Waals surface area contributed by atoms with Crippen molar-refractivity contribution in [1.82, 2.24) is 10.2 Å². The lowest BCUT2D eigenvalue weighted by Gasteiger charge is -2.18. The van der Waals surface area contributed by atoms with Crippen LogP contribution in [0.5, 0.6) is 0 Å². The van der Waals surface area contributed by atoms with Gasteiger partial charge >= 0.3 is 0 Å². The zero-order chi connectivity index (χ0) is 12.7. The summed E-state index contributed by atoms with van der Waals surface area (Å²) >= 11 is 3.34. The molecule has 5 heteroatoms. The van der Waals surface area contributed by atoms with E-state index in [4.69, 9.17) is 0 Å². The average molecular weight is 309 g/mol. The maximum atomic E-state index is 12.3. The van der Waals surface area contributed by atoms with Crippen molar-refractivity contribution in [3.63, 3.8) is 0 Å². The molecule has 2 amide bonds. The van der Waals surface area contributed by atoms with E-state index < -0.39 is 0 Å². The molecule has 0 radical (unpaired) electrons. The molecule has 1 aromatic carbocycles. The fourth-order valence-corrected chi connectivity index (χ4v) is 3.13. The summed E-state index contributed by atoms with van der Waals surface area (Å²) in [5.41, 5.74) is 1.01. The van der Waals surface area contributed by atoms with E-state index in [9.17, 15) is 9.59 Å². The van der Waals surface area contributed by atoms with Gasteiger partial charge in [0.15, 0.2) is 0 Å². The molecule has 1 N–H and O–H groups in total. The average Bonchev–Trinajstić information content (AvgIpc) is 2.94. The number of amides is 2. The van der Waals surface area contributed by atoms with E-state index >= 15 is 0 Å². The number of halogens is 1. The third-order valence-corrected chi connectivity index (χ3v) is 4.17. The first-order chi connectivity index (χ1) is 8.68. The number of nitrogens with one attached hydrogen (secondary N) is 1. The highest BCUT2D eigenvalue weighted by Gasteiger charge is 2.38. The molecule has 1 unspecified atom stereocenters. The Labute approximate surface area is 113 Å². The highest BCUT2D eigenvalue weighted by atomic mass is 79.9. The van der Waals surface area contributed by atoms with E-state index in [2.05, 4.69) is 21.2 Å². The highest BCUT2D eigenvalue weighted by Crippen LogP contribution is 2.29. The summed E-state index contributed by atoms with van der Waals surface area (Å²) in [6, 6.07) is 5.53. The highest BCUT2D eigenvalue weighted by molar-refractivity contribution is 9.10. The number of rotatable bonds is 2. The molecule has 1 aromatic rings. The van der Waals surface area contributed by atoms with Gasteiger partial charge in [-0.25, -0.2) is 0 Å². The van der Waals surface area contributed by atoms with E-state index in [1.54, 1.807) is 18.2 Å². The van der Waals surface area contributed by atoms with Gasteiger partial charge in [0, 0.05) is 17.1 Å². The molecule has 2 heterocycles. The molecule has 2 aliphatic heterocycles. The third kappa shape index (κ3) is 1.78. The zero-order valence-electron chi connectivity index (χ0n) is 9.78. The second-order valence-corrected chi connectivity index (χ2v) is 5.53. The van der Waals surface area contributed by atoms with Crippen molar-refractivity contribution >= 4 is 27.7 Å². The van der Waals surface area contributed by atoms with E-state index in [0.29, 0.717) is 22.1 Å². The number of hydrogen-bond donors (Lipinski definition) is 1. The van der Waals surface area contributed by atoms with E-state index in [0.717, 1.165) is 19.4 Å². The molecule has 0 aliphatic carbocycles. The van der Waals surface area contributed by atoms with Gasteiger partial charge in [-0.3, -0.25) is 14.5 Å². The molecular formula is C13H13BrN2O2. The SMILES string of the molecule is O=C1c2cccc(Br)c2C(=O)N1CC1CCCN1. The Morgan fingerprint density at radius 1 is 1.33 bits per heavy atom. The molecule has 0 aromatic heterocycles. The fraction of sp³-hybridized carbons (Fsp3) is 0.385. The first-order valence-corrected chi connectivity index (χ1v) is 6.86. The minimum Gasteiger partial charge on any atom is -0.312 e. The number of imide groups is 1. The number of fused-ring (bicyclic) bond motifs is 1. The zero-order valence-corrected chi connectivity index (χ0v) is 11.4. The second-order valence-electron chi connectivity index (χ2n) is 4.68. The summed E-state index contributed by atoms with van der Waals surface area (Å²) in [6.07, 6.45) is 2.13. The lowest BCUT2D eigenvalue weighted by Crippen LogP contribution is -2.40. The van der Waals surface area contributed by atoms with Crippen LogP contribution in [0.3, 0.4) is 0 Å². The number of benzene rings is 1. The summed E-state index contributed by atoms with van der Waals surface area (Å²) in [5, 5.41) is 3.31. The van der Waals surface area contributed by atoms with Gasteiger partial charge < -0.3 is 5.32 Å². The Balaban J connectivity index is 1.89. The van der Waals surface area contributed by atoms with Gasteiger partial charge in [0.25, 0.3) is 11.8 Å². The van der Waals surface area contributed by atoms with Crippen LogP contribution in [-0.4, -0.2) is 35.8 Å². The van der Waals surface area contributed by atoms with Crippen LogP contribution >= 0.6 is 15.9 Å². The smallest absolute Gasteiger partial charge is 0.262 e. The number of hydrogen-bond acceptors (Lipinski definition) is 3.